The van der Waals surface area contributed by atoms with E-state index in [9.17, 15) is 9.90 Å². The third kappa shape index (κ3) is 3.85. The number of piperidine rings is 1. The van der Waals surface area contributed by atoms with Crippen LogP contribution in [0.25, 0.3) is 0 Å². The van der Waals surface area contributed by atoms with Gasteiger partial charge in [0.25, 0.3) is 5.91 Å². The van der Waals surface area contributed by atoms with E-state index in [1.54, 1.807) is 12.1 Å². The molecule has 0 aliphatic carbocycles. The molecule has 132 valence electrons. The molecular formula is C18H25ClN2O3. The van der Waals surface area contributed by atoms with Gasteiger partial charge in [0.1, 0.15) is 5.75 Å². The molecule has 2 saturated heterocycles. The van der Waals surface area contributed by atoms with Gasteiger partial charge in [-0.25, -0.2) is 0 Å². The quantitative estimate of drug-likeness (QED) is 0.908. The number of hydrogen-bond donors (Lipinski definition) is 1. The third-order valence-corrected chi connectivity index (χ3v) is 5.56. The highest BCUT2D eigenvalue weighted by atomic mass is 35.5. The Morgan fingerprint density at radius 1 is 1.25 bits per heavy atom. The molecule has 0 spiro atoms. The van der Waals surface area contributed by atoms with Gasteiger partial charge in [-0.05, 0) is 43.9 Å². The van der Waals surface area contributed by atoms with Crippen molar-refractivity contribution in [1.82, 2.24) is 9.80 Å². The number of likely N-dealkylation sites (tertiary alicyclic amines) is 1. The number of carbonyl (C=O) groups excluding carboxylic acids is 1. The van der Waals surface area contributed by atoms with Gasteiger partial charge in [-0.1, -0.05) is 11.6 Å². The maximum atomic E-state index is 12.6. The van der Waals surface area contributed by atoms with Crippen LogP contribution in [0, 0.1) is 5.92 Å². The number of halogens is 1. The van der Waals surface area contributed by atoms with Crippen LogP contribution in [0.5, 0.6) is 5.75 Å². The highest BCUT2D eigenvalue weighted by Crippen LogP contribution is 2.28. The Kier molecular flexibility index (Phi) is 5.64. The standard InChI is InChI=1S/C18H25ClN2O3/c1-13(20-8-10-24-11-9-20)14-4-6-21(7-5-14)18(23)16-3-2-15(19)12-17(16)22/h2-3,12-14,22H,4-11H2,1H3/t13-/m1/s1. The minimum absolute atomic E-state index is 0.0451. The van der Waals surface area contributed by atoms with Gasteiger partial charge >= 0.3 is 0 Å². The van der Waals surface area contributed by atoms with E-state index in [-0.39, 0.29) is 11.7 Å². The number of phenols is 1. The summed E-state index contributed by atoms with van der Waals surface area (Å²) in [6.45, 7) is 7.39. The smallest absolute Gasteiger partial charge is 0.257 e. The molecule has 2 heterocycles. The van der Waals surface area contributed by atoms with Crippen molar-refractivity contribution in [2.45, 2.75) is 25.8 Å². The molecule has 0 unspecified atom stereocenters. The molecule has 1 amide bonds. The summed E-state index contributed by atoms with van der Waals surface area (Å²) < 4.78 is 5.43. The van der Waals surface area contributed by atoms with Gasteiger partial charge in [-0.2, -0.15) is 0 Å². The minimum Gasteiger partial charge on any atom is -0.507 e. The minimum atomic E-state index is -0.110. The van der Waals surface area contributed by atoms with E-state index in [1.807, 2.05) is 4.90 Å². The number of aromatic hydroxyl groups is 1. The normalized spacial score (nSPS) is 21.7. The summed E-state index contributed by atoms with van der Waals surface area (Å²) in [4.78, 5) is 16.9. The number of phenolic OH excluding ortho intramolecular Hbond substituents is 1. The largest absolute Gasteiger partial charge is 0.507 e. The molecule has 1 atom stereocenters. The average Bonchev–Trinajstić information content (AvgIpc) is 2.61. The van der Waals surface area contributed by atoms with Crippen molar-refractivity contribution in [1.29, 1.82) is 0 Å². The molecule has 2 fully saturated rings. The Hall–Kier alpha value is -1.30. The van der Waals surface area contributed by atoms with E-state index < -0.39 is 0 Å². The van der Waals surface area contributed by atoms with Gasteiger partial charge in [-0.3, -0.25) is 9.69 Å². The van der Waals surface area contributed by atoms with Crippen molar-refractivity contribution in [3.05, 3.63) is 28.8 Å². The maximum absolute atomic E-state index is 12.6. The predicted octanol–water partition coefficient (Wildman–Crippen LogP) is 2.62. The first-order chi connectivity index (χ1) is 11.6. The molecule has 1 aromatic rings. The maximum Gasteiger partial charge on any atom is 0.257 e. The fourth-order valence-electron chi connectivity index (χ4n) is 3.72. The highest BCUT2D eigenvalue weighted by Gasteiger charge is 2.30. The van der Waals surface area contributed by atoms with Crippen LogP contribution in [-0.2, 0) is 4.74 Å². The molecule has 3 rings (SSSR count). The van der Waals surface area contributed by atoms with Gasteiger partial charge in [-0.15, -0.1) is 0 Å². The van der Waals surface area contributed by atoms with Crippen molar-refractivity contribution in [2.24, 2.45) is 5.92 Å². The summed E-state index contributed by atoms with van der Waals surface area (Å²) in [7, 11) is 0. The number of carbonyl (C=O) groups is 1. The Morgan fingerprint density at radius 2 is 1.92 bits per heavy atom. The number of amides is 1. The molecular weight excluding hydrogens is 328 g/mol. The number of hydrogen-bond acceptors (Lipinski definition) is 4. The number of nitrogens with zero attached hydrogens (tertiary/aromatic N) is 2. The Morgan fingerprint density at radius 3 is 2.54 bits per heavy atom. The van der Waals surface area contributed by atoms with Crippen LogP contribution in [-0.4, -0.2) is 66.2 Å². The second-order valence-corrected chi connectivity index (χ2v) is 7.12. The van der Waals surface area contributed by atoms with Crippen molar-refractivity contribution in [2.75, 3.05) is 39.4 Å². The molecule has 2 aliphatic rings. The predicted molar refractivity (Wildman–Crippen MR) is 93.6 cm³/mol. The van der Waals surface area contributed by atoms with E-state index in [1.165, 1.54) is 6.07 Å². The van der Waals surface area contributed by atoms with E-state index in [2.05, 4.69) is 11.8 Å². The lowest BCUT2D eigenvalue weighted by Gasteiger charge is -2.41. The Labute approximate surface area is 148 Å². The van der Waals surface area contributed by atoms with Crippen molar-refractivity contribution in [3.8, 4) is 5.75 Å². The van der Waals surface area contributed by atoms with Crippen LogP contribution >= 0.6 is 11.6 Å². The molecule has 24 heavy (non-hydrogen) atoms. The van der Waals surface area contributed by atoms with Gasteiger partial charge in [0.2, 0.25) is 0 Å². The second-order valence-electron chi connectivity index (χ2n) is 6.68. The van der Waals surface area contributed by atoms with E-state index in [0.29, 0.717) is 22.5 Å². The second kappa shape index (κ2) is 7.72. The summed E-state index contributed by atoms with van der Waals surface area (Å²) in [6, 6.07) is 5.18. The zero-order chi connectivity index (χ0) is 17.1. The van der Waals surface area contributed by atoms with Crippen molar-refractivity contribution >= 4 is 17.5 Å². The number of benzene rings is 1. The van der Waals surface area contributed by atoms with Crippen LogP contribution in [0.3, 0.4) is 0 Å². The Balaban J connectivity index is 1.57. The molecule has 1 N–H and O–H groups in total. The lowest BCUT2D eigenvalue weighted by atomic mass is 9.89. The molecule has 0 saturated carbocycles. The summed E-state index contributed by atoms with van der Waals surface area (Å²) in [5.41, 5.74) is 0.332. The zero-order valence-corrected chi connectivity index (χ0v) is 14.8. The first-order valence-corrected chi connectivity index (χ1v) is 9.03. The van der Waals surface area contributed by atoms with Gasteiger partial charge in [0.05, 0.1) is 18.8 Å². The summed E-state index contributed by atoms with van der Waals surface area (Å²) in [5, 5.41) is 10.4. The topological polar surface area (TPSA) is 53.0 Å². The van der Waals surface area contributed by atoms with E-state index in [4.69, 9.17) is 16.3 Å². The lowest BCUT2D eigenvalue weighted by Crippen LogP contribution is -2.49. The molecule has 0 bridgehead atoms. The van der Waals surface area contributed by atoms with Crippen molar-refractivity contribution < 1.29 is 14.6 Å². The van der Waals surface area contributed by atoms with E-state index >= 15 is 0 Å². The fraction of sp³-hybridized carbons (Fsp3) is 0.611. The third-order valence-electron chi connectivity index (χ3n) is 5.32. The highest BCUT2D eigenvalue weighted by molar-refractivity contribution is 6.30. The van der Waals surface area contributed by atoms with Gasteiger partial charge < -0.3 is 14.7 Å². The first kappa shape index (κ1) is 17.5. The van der Waals surface area contributed by atoms with Crippen LogP contribution < -0.4 is 0 Å². The number of ether oxygens (including phenoxy) is 1. The molecule has 2 aliphatic heterocycles. The zero-order valence-electron chi connectivity index (χ0n) is 14.1. The monoisotopic (exact) mass is 352 g/mol. The lowest BCUT2D eigenvalue weighted by molar-refractivity contribution is -0.000964. The molecule has 0 aromatic heterocycles. The van der Waals surface area contributed by atoms with Crippen LogP contribution in [0.15, 0.2) is 18.2 Å². The molecule has 0 radical (unpaired) electrons. The first-order valence-electron chi connectivity index (χ1n) is 8.66. The van der Waals surface area contributed by atoms with Crippen molar-refractivity contribution in [3.63, 3.8) is 0 Å². The van der Waals surface area contributed by atoms with Gasteiger partial charge in [0.15, 0.2) is 0 Å². The average molecular weight is 353 g/mol. The summed E-state index contributed by atoms with van der Waals surface area (Å²) in [6.07, 6.45) is 2.00. The molecule has 6 heteroatoms. The van der Waals surface area contributed by atoms with Crippen LogP contribution in [0.2, 0.25) is 5.02 Å². The number of morpholine rings is 1. The molecule has 1 aromatic carbocycles. The number of rotatable bonds is 3. The molecule has 5 nitrogen and oxygen atoms in total. The fourth-order valence-corrected chi connectivity index (χ4v) is 3.89. The Bertz CT molecular complexity index is 582. The van der Waals surface area contributed by atoms with Crippen LogP contribution in [0.4, 0.5) is 0 Å². The van der Waals surface area contributed by atoms with E-state index in [0.717, 1.165) is 52.2 Å². The SMILES string of the molecule is C[C@H](C1CCN(C(=O)c2ccc(Cl)cc2O)CC1)N1CCOCC1. The summed E-state index contributed by atoms with van der Waals surface area (Å²) >= 11 is 5.84. The van der Waals surface area contributed by atoms with Gasteiger partial charge in [0, 0.05) is 37.2 Å². The van der Waals surface area contributed by atoms with Crippen LogP contribution in [0.1, 0.15) is 30.1 Å². The summed E-state index contributed by atoms with van der Waals surface area (Å²) in [5.74, 6) is 0.448.